The van der Waals surface area contributed by atoms with Gasteiger partial charge in [-0.1, -0.05) is 43.8 Å². The van der Waals surface area contributed by atoms with E-state index in [1.807, 2.05) is 35.8 Å². The van der Waals surface area contributed by atoms with Gasteiger partial charge in [0.2, 0.25) is 5.91 Å². The molecule has 3 aromatic rings. The van der Waals surface area contributed by atoms with Gasteiger partial charge in [0.1, 0.15) is 5.75 Å². The monoisotopic (exact) mass is 526 g/mol. The molecule has 0 fully saturated rings. The second-order valence-corrected chi connectivity index (χ2v) is 9.47. The van der Waals surface area contributed by atoms with Crippen molar-refractivity contribution in [1.29, 1.82) is 0 Å². The van der Waals surface area contributed by atoms with Gasteiger partial charge in [0.05, 0.1) is 22.9 Å². The number of thioether (sulfide) groups is 1. The lowest BCUT2D eigenvalue weighted by atomic mass is 10.0. The number of amides is 2. The number of nitro groups is 1. The van der Waals surface area contributed by atoms with Crippen LogP contribution in [0.25, 0.3) is 0 Å². The molecular formula is C25H30N6O5S. The van der Waals surface area contributed by atoms with E-state index in [2.05, 4.69) is 34.7 Å². The van der Waals surface area contributed by atoms with Crippen LogP contribution in [0, 0.1) is 17.0 Å². The molecular weight excluding hydrogens is 496 g/mol. The molecule has 0 spiro atoms. The third kappa shape index (κ3) is 7.78. The molecule has 0 saturated heterocycles. The number of non-ortho nitro benzene ring substituents is 1. The van der Waals surface area contributed by atoms with Crippen LogP contribution in [-0.2, 0) is 22.7 Å². The molecule has 2 N–H and O–H groups in total. The number of hydrogen-bond acceptors (Lipinski definition) is 8. The van der Waals surface area contributed by atoms with Gasteiger partial charge in [-0.15, -0.1) is 10.2 Å². The summed E-state index contributed by atoms with van der Waals surface area (Å²) >= 11 is 1.19. The SMILES string of the molecule is CCn1c(CNC(=O)COc2ccc(C(C)C)cc2)nnc1SCC(=O)Nc1cc([N+](=O)[O-])ccc1C. The molecule has 11 nitrogen and oxygen atoms in total. The Morgan fingerprint density at radius 1 is 1.14 bits per heavy atom. The van der Waals surface area contributed by atoms with Gasteiger partial charge in [0.25, 0.3) is 11.6 Å². The summed E-state index contributed by atoms with van der Waals surface area (Å²) in [5.74, 6) is 1.01. The standard InChI is InChI=1S/C25H30N6O5S/c1-5-30-22(13-26-23(32)14-36-20-10-7-18(8-11-20)16(2)3)28-29-25(30)37-15-24(33)27-21-12-19(31(34)35)9-6-17(21)4/h6-12,16H,5,13-15H2,1-4H3,(H,26,32)(H,27,33). The van der Waals surface area contributed by atoms with Crippen LogP contribution in [0.5, 0.6) is 5.75 Å². The molecule has 1 heterocycles. The molecule has 0 atom stereocenters. The number of ether oxygens (including phenoxy) is 1. The Balaban J connectivity index is 1.50. The third-order valence-corrected chi connectivity index (χ3v) is 6.48. The van der Waals surface area contributed by atoms with Crippen molar-refractivity contribution < 1.29 is 19.2 Å². The minimum Gasteiger partial charge on any atom is -0.484 e. The van der Waals surface area contributed by atoms with E-state index in [0.29, 0.717) is 34.9 Å². The molecule has 196 valence electrons. The highest BCUT2D eigenvalue weighted by atomic mass is 32.2. The number of nitro benzene ring substituents is 1. The van der Waals surface area contributed by atoms with Gasteiger partial charge in [-0.2, -0.15) is 0 Å². The number of hydrogen-bond donors (Lipinski definition) is 2. The number of aryl methyl sites for hydroxylation is 1. The largest absolute Gasteiger partial charge is 0.484 e. The first-order chi connectivity index (χ1) is 17.7. The molecule has 0 aliphatic carbocycles. The minimum atomic E-state index is -0.510. The maximum atomic E-state index is 12.5. The van der Waals surface area contributed by atoms with Crippen molar-refractivity contribution in [2.24, 2.45) is 0 Å². The number of nitrogens with one attached hydrogen (secondary N) is 2. The normalized spacial score (nSPS) is 10.8. The number of carbonyl (C=O) groups excluding carboxylic acids is 2. The van der Waals surface area contributed by atoms with Gasteiger partial charge in [-0.05, 0) is 43.0 Å². The third-order valence-electron chi connectivity index (χ3n) is 5.51. The van der Waals surface area contributed by atoms with Crippen LogP contribution in [0.1, 0.15) is 43.6 Å². The average molecular weight is 527 g/mol. The second-order valence-electron chi connectivity index (χ2n) is 8.53. The zero-order valence-corrected chi connectivity index (χ0v) is 22.0. The van der Waals surface area contributed by atoms with Crippen molar-refractivity contribution >= 4 is 35.0 Å². The summed E-state index contributed by atoms with van der Waals surface area (Å²) in [7, 11) is 0. The topological polar surface area (TPSA) is 141 Å². The first-order valence-electron chi connectivity index (χ1n) is 11.8. The van der Waals surface area contributed by atoms with Crippen molar-refractivity contribution in [2.75, 3.05) is 17.7 Å². The van der Waals surface area contributed by atoms with E-state index in [1.165, 1.54) is 29.5 Å². The van der Waals surface area contributed by atoms with E-state index in [-0.39, 0.29) is 36.4 Å². The minimum absolute atomic E-state index is 0.0378. The Bertz CT molecular complexity index is 1260. The summed E-state index contributed by atoms with van der Waals surface area (Å²) in [5, 5.41) is 25.3. The summed E-state index contributed by atoms with van der Waals surface area (Å²) in [6, 6.07) is 11.9. The van der Waals surface area contributed by atoms with Gasteiger partial charge >= 0.3 is 0 Å². The Kier molecular flexibility index (Phi) is 9.61. The van der Waals surface area contributed by atoms with Gasteiger partial charge in [-0.25, -0.2) is 0 Å². The average Bonchev–Trinajstić information content (AvgIpc) is 3.28. The van der Waals surface area contributed by atoms with E-state index in [0.717, 1.165) is 5.56 Å². The summed E-state index contributed by atoms with van der Waals surface area (Å²) < 4.78 is 7.36. The van der Waals surface area contributed by atoms with Crippen molar-refractivity contribution in [3.63, 3.8) is 0 Å². The van der Waals surface area contributed by atoms with E-state index in [4.69, 9.17) is 4.74 Å². The molecule has 1 aromatic heterocycles. The lowest BCUT2D eigenvalue weighted by Crippen LogP contribution is -2.29. The summed E-state index contributed by atoms with van der Waals surface area (Å²) in [5.41, 5.74) is 2.20. The maximum absolute atomic E-state index is 12.5. The molecule has 0 saturated carbocycles. The first-order valence-corrected chi connectivity index (χ1v) is 12.8. The van der Waals surface area contributed by atoms with Crippen molar-refractivity contribution in [3.05, 3.63) is 69.5 Å². The lowest BCUT2D eigenvalue weighted by molar-refractivity contribution is -0.384. The zero-order chi connectivity index (χ0) is 26.9. The van der Waals surface area contributed by atoms with E-state index >= 15 is 0 Å². The number of rotatable bonds is 12. The fourth-order valence-electron chi connectivity index (χ4n) is 3.38. The fourth-order valence-corrected chi connectivity index (χ4v) is 4.20. The van der Waals surface area contributed by atoms with E-state index in [1.54, 1.807) is 13.0 Å². The van der Waals surface area contributed by atoms with E-state index in [9.17, 15) is 19.7 Å². The fraction of sp³-hybridized carbons (Fsp3) is 0.360. The molecule has 0 radical (unpaired) electrons. The molecule has 37 heavy (non-hydrogen) atoms. The van der Waals surface area contributed by atoms with Crippen LogP contribution in [0.3, 0.4) is 0 Å². The van der Waals surface area contributed by atoms with Crippen molar-refractivity contribution in [3.8, 4) is 5.75 Å². The number of aromatic nitrogens is 3. The number of benzene rings is 2. The highest BCUT2D eigenvalue weighted by Gasteiger charge is 2.16. The smallest absolute Gasteiger partial charge is 0.271 e. The molecule has 12 heteroatoms. The zero-order valence-electron chi connectivity index (χ0n) is 21.2. The quantitative estimate of drug-likeness (QED) is 0.204. The Morgan fingerprint density at radius 2 is 1.86 bits per heavy atom. The lowest BCUT2D eigenvalue weighted by Gasteiger charge is -2.11. The van der Waals surface area contributed by atoms with Crippen LogP contribution in [-0.4, -0.2) is 43.9 Å². The molecule has 2 aromatic carbocycles. The van der Waals surface area contributed by atoms with Crippen LogP contribution >= 0.6 is 11.8 Å². The summed E-state index contributed by atoms with van der Waals surface area (Å²) in [6.45, 7) is 8.47. The number of anilines is 1. The molecule has 0 unspecified atom stereocenters. The van der Waals surface area contributed by atoms with Crippen LogP contribution in [0.4, 0.5) is 11.4 Å². The Labute approximate surface area is 219 Å². The Morgan fingerprint density at radius 3 is 2.51 bits per heavy atom. The molecule has 0 aliphatic rings. The summed E-state index contributed by atoms with van der Waals surface area (Å²) in [4.78, 5) is 35.2. The number of carbonyl (C=O) groups is 2. The highest BCUT2D eigenvalue weighted by molar-refractivity contribution is 7.99. The van der Waals surface area contributed by atoms with E-state index < -0.39 is 4.92 Å². The summed E-state index contributed by atoms with van der Waals surface area (Å²) in [6.07, 6.45) is 0. The molecule has 0 aliphatic heterocycles. The van der Waals surface area contributed by atoms with Gasteiger partial charge < -0.3 is 19.9 Å². The first kappa shape index (κ1) is 27.7. The predicted octanol–water partition coefficient (Wildman–Crippen LogP) is 4.06. The van der Waals surface area contributed by atoms with Crippen LogP contribution in [0.2, 0.25) is 0 Å². The van der Waals surface area contributed by atoms with Crippen molar-refractivity contribution in [1.82, 2.24) is 20.1 Å². The maximum Gasteiger partial charge on any atom is 0.271 e. The van der Waals surface area contributed by atoms with Gasteiger partial charge in [-0.3, -0.25) is 19.7 Å². The Hall–Kier alpha value is -3.93. The molecule has 3 rings (SSSR count). The molecule has 0 bridgehead atoms. The van der Waals surface area contributed by atoms with Crippen LogP contribution in [0.15, 0.2) is 47.6 Å². The van der Waals surface area contributed by atoms with Crippen molar-refractivity contribution in [2.45, 2.75) is 51.9 Å². The van der Waals surface area contributed by atoms with Gasteiger partial charge in [0, 0.05) is 18.7 Å². The molecule has 2 amide bonds. The highest BCUT2D eigenvalue weighted by Crippen LogP contribution is 2.23. The van der Waals surface area contributed by atoms with Gasteiger partial charge in [0.15, 0.2) is 17.6 Å². The predicted molar refractivity (Wildman–Crippen MR) is 141 cm³/mol. The second kappa shape index (κ2) is 12.9. The number of nitrogens with zero attached hydrogens (tertiary/aromatic N) is 4. The van der Waals surface area contributed by atoms with Crippen LogP contribution < -0.4 is 15.4 Å².